The van der Waals surface area contributed by atoms with Gasteiger partial charge in [0.25, 0.3) is 5.91 Å². The van der Waals surface area contributed by atoms with Crippen LogP contribution in [0.3, 0.4) is 0 Å². The molecule has 5 rings (SSSR count). The summed E-state index contributed by atoms with van der Waals surface area (Å²) >= 11 is 0. The van der Waals surface area contributed by atoms with E-state index >= 15 is 0 Å². The number of rotatable bonds is 5. The summed E-state index contributed by atoms with van der Waals surface area (Å²) in [7, 11) is 1.55. The van der Waals surface area contributed by atoms with Gasteiger partial charge in [-0.3, -0.25) is 14.6 Å². The molecule has 41 heavy (non-hydrogen) atoms. The average molecular weight is 558 g/mol. The molecule has 0 N–H and O–H groups in total. The maximum absolute atomic E-state index is 14.1. The molecule has 3 aromatic rings. The molecule has 1 aromatic heterocycles. The van der Waals surface area contributed by atoms with E-state index in [4.69, 9.17) is 9.47 Å². The number of benzene rings is 2. The summed E-state index contributed by atoms with van der Waals surface area (Å²) in [4.78, 5) is 41.5. The largest absolute Gasteiger partial charge is 0.492 e. The van der Waals surface area contributed by atoms with E-state index in [0.717, 1.165) is 43.6 Å². The first-order chi connectivity index (χ1) is 20.1. The van der Waals surface area contributed by atoms with E-state index in [2.05, 4.69) is 14.9 Å². The van der Waals surface area contributed by atoms with E-state index < -0.39 is 0 Å². The highest BCUT2D eigenvalue weighted by atomic mass is 16.5. The second-order valence-electron chi connectivity index (χ2n) is 11.0. The predicted molar refractivity (Wildman–Crippen MR) is 157 cm³/mol. The summed E-state index contributed by atoms with van der Waals surface area (Å²) in [5, 5.41) is 0. The lowest BCUT2D eigenvalue weighted by Gasteiger charge is -2.42. The topological polar surface area (TPSA) is 88.1 Å². The van der Waals surface area contributed by atoms with Crippen LogP contribution in [0.15, 0.2) is 73.2 Å². The Balaban J connectivity index is 1.44. The molecule has 2 amide bonds. The standard InChI is InChI=1S/C32H39N5O4/c1-40-24-30(38)36-18-13-32(14-19-36)12-7-17-35(29-22-33-15-16-34-29)20-21-37(23-26-8-3-2-4-9-26)31(39)27-10-5-6-11-28(27)41-25-32/h2-6,8-11,15-16,22H,7,12-14,17-21,23-25H2,1H3. The van der Waals surface area contributed by atoms with Gasteiger partial charge >= 0.3 is 0 Å². The van der Waals surface area contributed by atoms with Crippen molar-refractivity contribution in [3.05, 3.63) is 84.3 Å². The summed E-state index contributed by atoms with van der Waals surface area (Å²) < 4.78 is 11.6. The molecule has 0 unspecified atom stereocenters. The monoisotopic (exact) mass is 557 g/mol. The molecule has 0 atom stereocenters. The van der Waals surface area contributed by atoms with Gasteiger partial charge in [-0.05, 0) is 43.4 Å². The fourth-order valence-corrected chi connectivity index (χ4v) is 5.82. The van der Waals surface area contributed by atoms with Crippen LogP contribution in [0.5, 0.6) is 5.75 Å². The van der Waals surface area contributed by atoms with Gasteiger partial charge in [0.1, 0.15) is 18.2 Å². The van der Waals surface area contributed by atoms with E-state index in [1.807, 2.05) is 64.4 Å². The Morgan fingerprint density at radius 2 is 1.73 bits per heavy atom. The summed E-state index contributed by atoms with van der Waals surface area (Å²) in [5.41, 5.74) is 1.53. The molecule has 2 aromatic carbocycles. The molecule has 1 spiro atoms. The van der Waals surface area contributed by atoms with Gasteiger partial charge in [-0.1, -0.05) is 42.5 Å². The fraction of sp³-hybridized carbons (Fsp3) is 0.438. The van der Waals surface area contributed by atoms with Gasteiger partial charge in [0.2, 0.25) is 5.91 Å². The number of methoxy groups -OCH3 is 1. The lowest BCUT2D eigenvalue weighted by molar-refractivity contribution is -0.138. The van der Waals surface area contributed by atoms with Crippen molar-refractivity contribution >= 4 is 17.6 Å². The van der Waals surface area contributed by atoms with Gasteiger partial charge in [0, 0.05) is 64.2 Å². The van der Waals surface area contributed by atoms with Crippen LogP contribution in [0.4, 0.5) is 5.82 Å². The number of fused-ring (bicyclic) bond motifs is 1. The first kappa shape index (κ1) is 28.5. The Hall–Kier alpha value is -3.98. The van der Waals surface area contributed by atoms with E-state index in [0.29, 0.717) is 50.6 Å². The summed E-state index contributed by atoms with van der Waals surface area (Å²) in [6, 6.07) is 17.6. The van der Waals surface area contributed by atoms with E-state index in [9.17, 15) is 9.59 Å². The molecule has 9 nitrogen and oxygen atoms in total. The predicted octanol–water partition coefficient (Wildman–Crippen LogP) is 4.05. The van der Waals surface area contributed by atoms with Gasteiger partial charge < -0.3 is 24.2 Å². The summed E-state index contributed by atoms with van der Waals surface area (Å²) in [6.45, 7) is 4.38. The minimum atomic E-state index is -0.105. The number of piperidine rings is 1. The van der Waals surface area contributed by atoms with Crippen molar-refractivity contribution in [2.24, 2.45) is 5.41 Å². The van der Waals surface area contributed by atoms with Gasteiger partial charge in [0.15, 0.2) is 0 Å². The summed E-state index contributed by atoms with van der Waals surface area (Å²) in [5.74, 6) is 1.38. The Kier molecular flexibility index (Phi) is 9.46. The lowest BCUT2D eigenvalue weighted by atomic mass is 9.75. The zero-order chi connectivity index (χ0) is 28.5. The Labute approximate surface area is 242 Å². The minimum absolute atomic E-state index is 0.0242. The Morgan fingerprint density at radius 1 is 0.951 bits per heavy atom. The van der Waals surface area contributed by atoms with Crippen LogP contribution in [0.2, 0.25) is 0 Å². The highest BCUT2D eigenvalue weighted by Gasteiger charge is 2.37. The van der Waals surface area contributed by atoms with Crippen molar-refractivity contribution in [2.75, 3.05) is 57.9 Å². The maximum atomic E-state index is 14.1. The first-order valence-electron chi connectivity index (χ1n) is 14.4. The van der Waals surface area contributed by atoms with Crippen LogP contribution in [-0.4, -0.2) is 84.6 Å². The third-order valence-electron chi connectivity index (χ3n) is 8.25. The van der Waals surface area contributed by atoms with Gasteiger partial charge in [0.05, 0.1) is 18.4 Å². The molecule has 3 heterocycles. The molecule has 0 saturated carbocycles. The van der Waals surface area contributed by atoms with Crippen LogP contribution in [0, 0.1) is 5.41 Å². The SMILES string of the molecule is COCC(=O)N1CCC2(CCCN(c3cnccn3)CCN(Cc3ccccc3)C(=O)c3ccccc3OC2)CC1. The number of hydrogen-bond acceptors (Lipinski definition) is 7. The van der Waals surface area contributed by atoms with Crippen molar-refractivity contribution in [2.45, 2.75) is 32.2 Å². The number of aromatic nitrogens is 2. The van der Waals surface area contributed by atoms with Gasteiger partial charge in [-0.25, -0.2) is 4.98 Å². The maximum Gasteiger partial charge on any atom is 0.257 e. The molecular formula is C32H39N5O4. The van der Waals surface area contributed by atoms with Crippen LogP contribution in [0.25, 0.3) is 0 Å². The third kappa shape index (κ3) is 7.21. The van der Waals surface area contributed by atoms with E-state index in [1.165, 1.54) is 0 Å². The molecule has 1 fully saturated rings. The second-order valence-corrected chi connectivity index (χ2v) is 11.0. The van der Waals surface area contributed by atoms with E-state index in [1.54, 1.807) is 25.7 Å². The molecule has 0 bridgehead atoms. The number of ether oxygens (including phenoxy) is 2. The first-order valence-corrected chi connectivity index (χ1v) is 14.4. The number of carbonyl (C=O) groups is 2. The molecular weight excluding hydrogens is 518 g/mol. The van der Waals surface area contributed by atoms with Crippen molar-refractivity contribution in [3.63, 3.8) is 0 Å². The Bertz CT molecular complexity index is 1280. The van der Waals surface area contributed by atoms with E-state index in [-0.39, 0.29) is 23.8 Å². The van der Waals surface area contributed by atoms with Gasteiger partial charge in [-0.2, -0.15) is 0 Å². The van der Waals surface area contributed by atoms with Crippen LogP contribution in [-0.2, 0) is 16.1 Å². The quantitative estimate of drug-likeness (QED) is 0.468. The molecule has 2 aliphatic rings. The number of nitrogens with zero attached hydrogens (tertiary/aromatic N) is 5. The van der Waals surface area contributed by atoms with Crippen molar-refractivity contribution < 1.29 is 19.1 Å². The second kappa shape index (κ2) is 13.6. The van der Waals surface area contributed by atoms with Crippen molar-refractivity contribution in [3.8, 4) is 5.75 Å². The molecule has 216 valence electrons. The van der Waals surface area contributed by atoms with Gasteiger partial charge in [-0.15, -0.1) is 0 Å². The number of hydrogen-bond donors (Lipinski definition) is 0. The molecule has 0 radical (unpaired) electrons. The van der Waals surface area contributed by atoms with Crippen LogP contribution in [0.1, 0.15) is 41.6 Å². The lowest BCUT2D eigenvalue weighted by Crippen LogP contribution is -2.46. The number of para-hydroxylation sites is 1. The molecule has 1 saturated heterocycles. The highest BCUT2D eigenvalue weighted by Crippen LogP contribution is 2.38. The normalized spacial score (nSPS) is 18.1. The average Bonchev–Trinajstić information content (AvgIpc) is 3.02. The molecule has 9 heteroatoms. The number of likely N-dealkylation sites (tertiary alicyclic amines) is 1. The molecule has 0 aliphatic carbocycles. The molecule has 2 aliphatic heterocycles. The van der Waals surface area contributed by atoms with Crippen LogP contribution >= 0.6 is 0 Å². The van der Waals surface area contributed by atoms with Crippen LogP contribution < -0.4 is 9.64 Å². The zero-order valence-corrected chi connectivity index (χ0v) is 23.8. The Morgan fingerprint density at radius 3 is 2.49 bits per heavy atom. The number of amides is 2. The smallest absolute Gasteiger partial charge is 0.257 e. The zero-order valence-electron chi connectivity index (χ0n) is 23.8. The summed E-state index contributed by atoms with van der Waals surface area (Å²) in [6.07, 6.45) is 8.72. The number of carbonyl (C=O) groups excluding carboxylic acids is 2. The fourth-order valence-electron chi connectivity index (χ4n) is 5.82. The minimum Gasteiger partial charge on any atom is -0.492 e. The third-order valence-corrected chi connectivity index (χ3v) is 8.25. The van der Waals surface area contributed by atoms with Crippen molar-refractivity contribution in [1.82, 2.24) is 19.8 Å². The number of anilines is 1. The van der Waals surface area contributed by atoms with Crippen molar-refractivity contribution in [1.29, 1.82) is 0 Å². The highest BCUT2D eigenvalue weighted by molar-refractivity contribution is 5.97.